The Hall–Kier alpha value is -2.69. The monoisotopic (exact) mass is 327 g/mol. The zero-order valence-electron chi connectivity index (χ0n) is 12.0. The first-order valence-corrected chi connectivity index (χ1v) is 7.79. The third-order valence-electron chi connectivity index (χ3n) is 3.27. The van der Waals surface area contributed by atoms with Crippen LogP contribution in [0.2, 0.25) is 0 Å². The Balaban J connectivity index is 1.64. The third-order valence-corrected chi connectivity index (χ3v) is 4.16. The molecule has 1 unspecified atom stereocenters. The lowest BCUT2D eigenvalue weighted by Gasteiger charge is -2.13. The van der Waals surface area contributed by atoms with Crippen LogP contribution in [0, 0.1) is 11.3 Å². The summed E-state index contributed by atoms with van der Waals surface area (Å²) in [6.45, 7) is 0.150. The molecule has 2 aromatic heterocycles. The number of rotatable bonds is 5. The number of ether oxygens (including phenoxy) is 1. The van der Waals surface area contributed by atoms with Gasteiger partial charge in [-0.2, -0.15) is 5.26 Å². The molecule has 3 aromatic rings. The molecule has 0 aliphatic heterocycles. The van der Waals surface area contributed by atoms with Gasteiger partial charge in [0.15, 0.2) is 0 Å². The maximum Gasteiger partial charge on any atom is 0.271 e. The van der Waals surface area contributed by atoms with Crippen LogP contribution in [0.25, 0.3) is 10.2 Å². The summed E-state index contributed by atoms with van der Waals surface area (Å²) in [6.07, 6.45) is 0.588. The van der Waals surface area contributed by atoms with Crippen LogP contribution in [-0.4, -0.2) is 27.4 Å². The van der Waals surface area contributed by atoms with Crippen molar-refractivity contribution in [3.63, 3.8) is 0 Å². The molecule has 7 heteroatoms. The first-order chi connectivity index (χ1) is 11.2. The largest absolute Gasteiger partial charge is 0.491 e. The Morgan fingerprint density at radius 1 is 1.35 bits per heavy atom. The smallest absolute Gasteiger partial charge is 0.271 e. The molecular weight excluding hydrogens is 314 g/mol. The van der Waals surface area contributed by atoms with Crippen molar-refractivity contribution in [2.45, 2.75) is 12.6 Å². The van der Waals surface area contributed by atoms with E-state index in [2.05, 4.69) is 4.98 Å². The van der Waals surface area contributed by atoms with E-state index in [0.717, 1.165) is 0 Å². The van der Waals surface area contributed by atoms with Crippen LogP contribution in [0.1, 0.15) is 5.56 Å². The minimum atomic E-state index is -0.845. The summed E-state index contributed by atoms with van der Waals surface area (Å²) in [7, 11) is 0. The number of aliphatic hydroxyl groups excluding tert-OH is 1. The van der Waals surface area contributed by atoms with E-state index in [4.69, 9.17) is 10.00 Å². The Kier molecular flexibility index (Phi) is 4.37. The minimum absolute atomic E-state index is 0.0425. The van der Waals surface area contributed by atoms with Gasteiger partial charge in [-0.15, -0.1) is 11.3 Å². The average molecular weight is 327 g/mol. The van der Waals surface area contributed by atoms with E-state index < -0.39 is 6.10 Å². The van der Waals surface area contributed by atoms with Crippen LogP contribution in [0.3, 0.4) is 0 Å². The number of benzene rings is 1. The average Bonchev–Trinajstić information content (AvgIpc) is 3.05. The first-order valence-electron chi connectivity index (χ1n) is 6.91. The van der Waals surface area contributed by atoms with Gasteiger partial charge in [0.05, 0.1) is 30.0 Å². The standard InChI is InChI=1S/C16H13N3O3S/c17-7-11-1-3-13(4-2-11)22-9-12(20)8-19-10-18-14-5-6-23-15(14)16(19)21/h1-6,10,12,20H,8-9H2. The highest BCUT2D eigenvalue weighted by Crippen LogP contribution is 2.14. The maximum atomic E-state index is 12.2. The molecule has 6 nitrogen and oxygen atoms in total. The molecule has 0 aliphatic rings. The predicted molar refractivity (Wildman–Crippen MR) is 86.5 cm³/mol. The lowest BCUT2D eigenvalue weighted by Crippen LogP contribution is -2.30. The van der Waals surface area contributed by atoms with Crippen LogP contribution >= 0.6 is 11.3 Å². The molecule has 23 heavy (non-hydrogen) atoms. The van der Waals surface area contributed by atoms with Crippen LogP contribution in [-0.2, 0) is 6.54 Å². The first kappa shape index (κ1) is 15.2. The normalized spacial score (nSPS) is 12.0. The molecule has 0 radical (unpaired) electrons. The van der Waals surface area contributed by atoms with E-state index in [1.807, 2.05) is 11.4 Å². The second kappa shape index (κ2) is 6.60. The fraction of sp³-hybridized carbons (Fsp3) is 0.188. The van der Waals surface area contributed by atoms with Crippen molar-refractivity contribution in [1.29, 1.82) is 5.26 Å². The van der Waals surface area contributed by atoms with Gasteiger partial charge in [-0.1, -0.05) is 0 Å². The van der Waals surface area contributed by atoms with E-state index in [1.54, 1.807) is 30.3 Å². The second-order valence-corrected chi connectivity index (χ2v) is 5.85. The number of thiophene rings is 1. The number of aliphatic hydroxyl groups is 1. The van der Waals surface area contributed by atoms with Gasteiger partial charge < -0.3 is 9.84 Å². The minimum Gasteiger partial charge on any atom is -0.491 e. The van der Waals surface area contributed by atoms with Crippen molar-refractivity contribution >= 4 is 21.6 Å². The highest BCUT2D eigenvalue weighted by atomic mass is 32.1. The molecule has 0 aliphatic carbocycles. The fourth-order valence-corrected chi connectivity index (χ4v) is 2.90. The Morgan fingerprint density at radius 3 is 2.87 bits per heavy atom. The summed E-state index contributed by atoms with van der Waals surface area (Å²) in [5, 5.41) is 20.6. The maximum absolute atomic E-state index is 12.2. The van der Waals surface area contributed by atoms with E-state index in [-0.39, 0.29) is 18.7 Å². The summed E-state index contributed by atoms with van der Waals surface area (Å²) in [4.78, 5) is 16.4. The van der Waals surface area contributed by atoms with Gasteiger partial charge in [0, 0.05) is 0 Å². The Bertz CT molecular complexity index is 909. The number of nitriles is 1. The van der Waals surface area contributed by atoms with Gasteiger partial charge in [0.1, 0.15) is 23.2 Å². The number of hydrogen-bond donors (Lipinski definition) is 1. The van der Waals surface area contributed by atoms with Gasteiger partial charge in [0.2, 0.25) is 0 Å². The number of aromatic nitrogens is 2. The SMILES string of the molecule is N#Cc1ccc(OCC(O)Cn2cnc3ccsc3c2=O)cc1. The molecule has 1 aromatic carbocycles. The van der Waals surface area contributed by atoms with Crippen LogP contribution in [0.4, 0.5) is 0 Å². The lowest BCUT2D eigenvalue weighted by atomic mass is 10.2. The molecule has 0 fully saturated rings. The topological polar surface area (TPSA) is 88.1 Å². The summed E-state index contributed by atoms with van der Waals surface area (Å²) < 4.78 is 7.42. The Morgan fingerprint density at radius 2 is 2.13 bits per heavy atom. The zero-order chi connectivity index (χ0) is 16.2. The third kappa shape index (κ3) is 3.39. The Labute approximate surface area is 135 Å². The van der Waals surface area contributed by atoms with E-state index in [9.17, 15) is 9.90 Å². The van der Waals surface area contributed by atoms with E-state index in [1.165, 1.54) is 22.2 Å². The van der Waals surface area contributed by atoms with Gasteiger partial charge in [-0.25, -0.2) is 4.98 Å². The second-order valence-electron chi connectivity index (χ2n) is 4.94. The summed E-state index contributed by atoms with van der Waals surface area (Å²) >= 11 is 1.33. The number of hydrogen-bond acceptors (Lipinski definition) is 6. The van der Waals surface area contributed by atoms with E-state index >= 15 is 0 Å². The fourth-order valence-electron chi connectivity index (χ4n) is 2.11. The molecule has 1 atom stereocenters. The highest BCUT2D eigenvalue weighted by Gasteiger charge is 2.11. The van der Waals surface area contributed by atoms with Gasteiger partial charge in [-0.3, -0.25) is 9.36 Å². The van der Waals surface area contributed by atoms with Crippen molar-refractivity contribution in [2.24, 2.45) is 0 Å². The van der Waals surface area contributed by atoms with Crippen molar-refractivity contribution < 1.29 is 9.84 Å². The number of fused-ring (bicyclic) bond motifs is 1. The molecule has 0 saturated heterocycles. The van der Waals surface area contributed by atoms with Gasteiger partial charge in [-0.05, 0) is 35.7 Å². The van der Waals surface area contributed by atoms with Crippen LogP contribution < -0.4 is 10.3 Å². The van der Waals surface area contributed by atoms with Crippen molar-refractivity contribution in [3.8, 4) is 11.8 Å². The molecule has 0 saturated carbocycles. The summed E-state index contributed by atoms with van der Waals surface area (Å²) in [5.41, 5.74) is 1.04. The molecular formula is C16H13N3O3S. The molecule has 2 heterocycles. The summed E-state index contributed by atoms with van der Waals surface area (Å²) in [5.74, 6) is 0.558. The molecule has 116 valence electrons. The van der Waals surface area contributed by atoms with Gasteiger partial charge in [0.25, 0.3) is 5.56 Å². The lowest BCUT2D eigenvalue weighted by molar-refractivity contribution is 0.0915. The summed E-state index contributed by atoms with van der Waals surface area (Å²) in [6, 6.07) is 10.4. The van der Waals surface area contributed by atoms with Crippen LogP contribution in [0.15, 0.2) is 46.8 Å². The quantitative estimate of drug-likeness (QED) is 0.771. The van der Waals surface area contributed by atoms with Crippen LogP contribution in [0.5, 0.6) is 5.75 Å². The molecule has 3 rings (SSSR count). The molecule has 0 bridgehead atoms. The molecule has 0 amide bonds. The van der Waals surface area contributed by atoms with Crippen molar-refractivity contribution in [1.82, 2.24) is 9.55 Å². The zero-order valence-corrected chi connectivity index (χ0v) is 12.9. The van der Waals surface area contributed by atoms with Gasteiger partial charge >= 0.3 is 0 Å². The predicted octanol–water partition coefficient (Wildman–Crippen LogP) is 1.77. The molecule has 1 N–H and O–H groups in total. The highest BCUT2D eigenvalue weighted by molar-refractivity contribution is 7.17. The van der Waals surface area contributed by atoms with Crippen molar-refractivity contribution in [3.05, 3.63) is 58.0 Å². The van der Waals surface area contributed by atoms with E-state index in [0.29, 0.717) is 21.5 Å². The molecule has 0 spiro atoms. The van der Waals surface area contributed by atoms with Crippen molar-refractivity contribution in [2.75, 3.05) is 6.61 Å². The number of nitrogens with zero attached hydrogens (tertiary/aromatic N) is 3.